The first-order valence-corrected chi connectivity index (χ1v) is 6.10. The summed E-state index contributed by atoms with van der Waals surface area (Å²) >= 11 is 0. The molecule has 0 heterocycles. The summed E-state index contributed by atoms with van der Waals surface area (Å²) in [5.74, 6) is -0.954. The van der Waals surface area contributed by atoms with E-state index < -0.39 is 5.97 Å². The summed E-state index contributed by atoms with van der Waals surface area (Å²) in [5.41, 5.74) is 1.96. The largest absolute Gasteiger partial charge is 0.478 e. The maximum absolute atomic E-state index is 10.5. The van der Waals surface area contributed by atoms with Crippen LogP contribution in [0, 0.1) is 11.3 Å². The van der Waals surface area contributed by atoms with Crippen molar-refractivity contribution >= 4 is 12.0 Å². The van der Waals surface area contributed by atoms with Crippen molar-refractivity contribution in [2.24, 2.45) is 0 Å². The van der Waals surface area contributed by atoms with Gasteiger partial charge in [-0.25, -0.2) is 4.79 Å². The molecule has 0 fully saturated rings. The second-order valence-corrected chi connectivity index (χ2v) is 4.54. The highest BCUT2D eigenvalue weighted by Crippen LogP contribution is 2.11. The van der Waals surface area contributed by atoms with Gasteiger partial charge in [-0.1, -0.05) is 24.3 Å². The summed E-state index contributed by atoms with van der Waals surface area (Å²) in [6.45, 7) is 2.75. The lowest BCUT2D eigenvalue weighted by molar-refractivity contribution is -0.131. The zero-order valence-electron chi connectivity index (χ0n) is 11.2. The summed E-state index contributed by atoms with van der Waals surface area (Å²) in [6, 6.07) is 10.1. The van der Waals surface area contributed by atoms with Crippen LogP contribution in [0.25, 0.3) is 6.08 Å². The minimum absolute atomic E-state index is 0.197. The lowest BCUT2D eigenvalue weighted by Crippen LogP contribution is -2.28. The van der Waals surface area contributed by atoms with Crippen molar-refractivity contribution in [2.75, 3.05) is 7.05 Å². The molecule has 0 aliphatic heterocycles. The molecule has 1 N–H and O–H groups in total. The average molecular weight is 258 g/mol. The molecule has 0 saturated carbocycles. The zero-order valence-corrected chi connectivity index (χ0v) is 11.2. The number of hydrogen-bond acceptors (Lipinski definition) is 3. The summed E-state index contributed by atoms with van der Waals surface area (Å²) in [4.78, 5) is 12.6. The summed E-state index contributed by atoms with van der Waals surface area (Å²) < 4.78 is 0. The first-order valence-electron chi connectivity index (χ1n) is 6.10. The number of nitriles is 1. The molecule has 0 spiro atoms. The molecule has 0 saturated heterocycles. The molecule has 0 aromatic heterocycles. The Bertz CT molecular complexity index is 503. The van der Waals surface area contributed by atoms with E-state index in [1.54, 1.807) is 6.08 Å². The van der Waals surface area contributed by atoms with E-state index in [0.29, 0.717) is 6.42 Å². The van der Waals surface area contributed by atoms with Gasteiger partial charge in [-0.3, -0.25) is 4.90 Å². The van der Waals surface area contributed by atoms with Crippen LogP contribution in [0.3, 0.4) is 0 Å². The normalized spacial score (nSPS) is 12.5. The maximum Gasteiger partial charge on any atom is 0.328 e. The fraction of sp³-hybridized carbons (Fsp3) is 0.333. The third kappa shape index (κ3) is 5.36. The van der Waals surface area contributed by atoms with Crippen LogP contribution in [0.4, 0.5) is 0 Å². The van der Waals surface area contributed by atoms with Crippen LogP contribution in [-0.4, -0.2) is 29.1 Å². The van der Waals surface area contributed by atoms with Crippen molar-refractivity contribution in [1.29, 1.82) is 5.26 Å². The van der Waals surface area contributed by atoms with E-state index in [1.807, 2.05) is 38.2 Å². The molecule has 1 atom stereocenters. The van der Waals surface area contributed by atoms with Gasteiger partial charge < -0.3 is 5.11 Å². The Morgan fingerprint density at radius 1 is 1.58 bits per heavy atom. The van der Waals surface area contributed by atoms with Crippen molar-refractivity contribution in [2.45, 2.75) is 25.9 Å². The molecule has 0 amide bonds. The SMILES string of the molecule is CC(CC#N)N(C)Cc1cccc(C=CC(=O)O)c1. The van der Waals surface area contributed by atoms with Gasteiger partial charge in [0.05, 0.1) is 12.5 Å². The third-order valence-corrected chi connectivity index (χ3v) is 2.94. The molecular weight excluding hydrogens is 240 g/mol. The van der Waals surface area contributed by atoms with Crippen LogP contribution in [0.5, 0.6) is 0 Å². The topological polar surface area (TPSA) is 64.3 Å². The van der Waals surface area contributed by atoms with Gasteiger partial charge in [0.15, 0.2) is 0 Å². The highest BCUT2D eigenvalue weighted by atomic mass is 16.4. The molecular formula is C15H18N2O2. The number of carboxylic acids is 1. The Balaban J connectivity index is 2.72. The van der Waals surface area contributed by atoms with Crippen LogP contribution in [0.15, 0.2) is 30.3 Å². The van der Waals surface area contributed by atoms with Crippen LogP contribution < -0.4 is 0 Å². The predicted octanol–water partition coefficient (Wildman–Crippen LogP) is 2.52. The summed E-state index contributed by atoms with van der Waals surface area (Å²) in [5, 5.41) is 17.3. The number of hydrogen-bond donors (Lipinski definition) is 1. The number of nitrogens with zero attached hydrogens (tertiary/aromatic N) is 2. The molecule has 4 heteroatoms. The molecule has 0 bridgehead atoms. The molecule has 1 unspecified atom stereocenters. The lowest BCUT2D eigenvalue weighted by Gasteiger charge is -2.22. The van der Waals surface area contributed by atoms with E-state index in [9.17, 15) is 4.79 Å². The maximum atomic E-state index is 10.5. The Hall–Kier alpha value is -2.12. The van der Waals surface area contributed by atoms with Crippen molar-refractivity contribution in [1.82, 2.24) is 4.90 Å². The molecule has 1 rings (SSSR count). The number of carbonyl (C=O) groups is 1. The van der Waals surface area contributed by atoms with Crippen LogP contribution in [0.2, 0.25) is 0 Å². The molecule has 100 valence electrons. The fourth-order valence-corrected chi connectivity index (χ4v) is 1.69. The minimum atomic E-state index is -0.954. The Labute approximate surface area is 113 Å². The van der Waals surface area contributed by atoms with Crippen LogP contribution in [0.1, 0.15) is 24.5 Å². The van der Waals surface area contributed by atoms with Crippen molar-refractivity contribution < 1.29 is 9.90 Å². The van der Waals surface area contributed by atoms with Gasteiger partial charge >= 0.3 is 5.97 Å². The van der Waals surface area contributed by atoms with E-state index in [0.717, 1.165) is 23.7 Å². The third-order valence-electron chi connectivity index (χ3n) is 2.94. The summed E-state index contributed by atoms with van der Waals surface area (Å²) in [7, 11) is 1.97. The molecule has 1 aromatic rings. The van der Waals surface area contributed by atoms with Gasteiger partial charge in [0.1, 0.15) is 0 Å². The first-order chi connectivity index (χ1) is 9.02. The van der Waals surface area contributed by atoms with E-state index in [2.05, 4.69) is 11.0 Å². The predicted molar refractivity (Wildman–Crippen MR) is 74.3 cm³/mol. The number of benzene rings is 1. The molecule has 1 aromatic carbocycles. The van der Waals surface area contributed by atoms with Gasteiger partial charge in [-0.05, 0) is 31.2 Å². The number of carboxylic acid groups (broad SMARTS) is 1. The molecule has 0 aliphatic carbocycles. The second-order valence-electron chi connectivity index (χ2n) is 4.54. The Kier molecular flexibility index (Phi) is 5.77. The molecule has 4 nitrogen and oxygen atoms in total. The van der Waals surface area contributed by atoms with Gasteiger partial charge in [-0.2, -0.15) is 5.26 Å². The van der Waals surface area contributed by atoms with Crippen molar-refractivity contribution in [3.05, 3.63) is 41.5 Å². The van der Waals surface area contributed by atoms with Crippen LogP contribution >= 0.6 is 0 Å². The zero-order chi connectivity index (χ0) is 14.3. The number of aliphatic carboxylic acids is 1. The standard InChI is InChI=1S/C15H18N2O2/c1-12(8-9-16)17(2)11-14-5-3-4-13(10-14)6-7-15(18)19/h3-7,10,12H,8,11H2,1-2H3,(H,18,19). The van der Waals surface area contributed by atoms with Crippen LogP contribution in [-0.2, 0) is 11.3 Å². The molecule has 19 heavy (non-hydrogen) atoms. The van der Waals surface area contributed by atoms with Gasteiger partial charge in [0.25, 0.3) is 0 Å². The Morgan fingerprint density at radius 2 is 2.32 bits per heavy atom. The molecule has 0 aliphatic rings. The first kappa shape index (κ1) is 14.9. The van der Waals surface area contributed by atoms with E-state index in [1.165, 1.54) is 0 Å². The quantitative estimate of drug-likeness (QED) is 0.796. The molecule has 0 radical (unpaired) electrons. The highest BCUT2D eigenvalue weighted by molar-refractivity contribution is 5.85. The Morgan fingerprint density at radius 3 is 2.95 bits per heavy atom. The number of rotatable bonds is 6. The van der Waals surface area contributed by atoms with E-state index in [4.69, 9.17) is 10.4 Å². The average Bonchev–Trinajstić information content (AvgIpc) is 2.37. The monoisotopic (exact) mass is 258 g/mol. The van der Waals surface area contributed by atoms with Crippen molar-refractivity contribution in [3.8, 4) is 6.07 Å². The van der Waals surface area contributed by atoms with Gasteiger partial charge in [-0.15, -0.1) is 0 Å². The van der Waals surface area contributed by atoms with Crippen molar-refractivity contribution in [3.63, 3.8) is 0 Å². The highest BCUT2D eigenvalue weighted by Gasteiger charge is 2.08. The lowest BCUT2D eigenvalue weighted by atomic mass is 10.1. The van der Waals surface area contributed by atoms with Gasteiger partial charge in [0, 0.05) is 18.7 Å². The summed E-state index contributed by atoms with van der Waals surface area (Å²) in [6.07, 6.45) is 3.20. The van der Waals surface area contributed by atoms with Gasteiger partial charge in [0.2, 0.25) is 0 Å². The smallest absolute Gasteiger partial charge is 0.328 e. The van der Waals surface area contributed by atoms with E-state index >= 15 is 0 Å². The fourth-order valence-electron chi connectivity index (χ4n) is 1.69. The van der Waals surface area contributed by atoms with E-state index in [-0.39, 0.29) is 6.04 Å². The minimum Gasteiger partial charge on any atom is -0.478 e. The second kappa shape index (κ2) is 7.34.